The first-order valence-electron chi connectivity index (χ1n) is 10.5. The molecular formula is C22H35IN6S. The Morgan fingerprint density at radius 2 is 1.67 bits per heavy atom. The van der Waals surface area contributed by atoms with Crippen molar-refractivity contribution in [2.45, 2.75) is 40.4 Å². The number of likely N-dealkylation sites (N-methyl/N-ethyl adjacent to an activating group) is 1. The van der Waals surface area contributed by atoms with Crippen LogP contribution in [0, 0.1) is 13.8 Å². The predicted octanol–water partition coefficient (Wildman–Crippen LogP) is 3.38. The molecule has 1 saturated heterocycles. The Morgan fingerprint density at radius 1 is 1.03 bits per heavy atom. The average molecular weight is 543 g/mol. The number of hydrogen-bond acceptors (Lipinski definition) is 5. The van der Waals surface area contributed by atoms with Crippen LogP contribution in [0.1, 0.15) is 33.6 Å². The van der Waals surface area contributed by atoms with Gasteiger partial charge in [0.2, 0.25) is 0 Å². The first-order valence-corrected chi connectivity index (χ1v) is 11.3. The van der Waals surface area contributed by atoms with Crippen LogP contribution in [0.4, 0.5) is 0 Å². The van der Waals surface area contributed by atoms with Crippen LogP contribution in [0.2, 0.25) is 0 Å². The maximum atomic E-state index is 4.50. The molecule has 2 aromatic rings. The fourth-order valence-corrected chi connectivity index (χ4v) is 4.57. The third-order valence-electron chi connectivity index (χ3n) is 5.51. The molecule has 0 atom stereocenters. The Kier molecular flexibility index (Phi) is 10.5. The monoisotopic (exact) mass is 542 g/mol. The zero-order valence-corrected chi connectivity index (χ0v) is 21.7. The largest absolute Gasteiger partial charge is 0.352 e. The van der Waals surface area contributed by atoms with Gasteiger partial charge < -0.3 is 15.5 Å². The van der Waals surface area contributed by atoms with E-state index in [-0.39, 0.29) is 24.0 Å². The lowest BCUT2D eigenvalue weighted by molar-refractivity contribution is 0.131. The molecule has 0 amide bonds. The van der Waals surface area contributed by atoms with E-state index in [1.54, 1.807) is 11.3 Å². The van der Waals surface area contributed by atoms with E-state index in [9.17, 15) is 0 Å². The number of rotatable bonds is 7. The molecule has 0 unspecified atom stereocenters. The highest BCUT2D eigenvalue weighted by atomic mass is 127. The van der Waals surface area contributed by atoms with E-state index >= 15 is 0 Å². The number of guanidine groups is 1. The summed E-state index contributed by atoms with van der Waals surface area (Å²) in [5.41, 5.74) is 3.83. The molecule has 0 aliphatic carbocycles. The number of halogens is 1. The highest BCUT2D eigenvalue weighted by Gasteiger charge is 2.16. The number of piperazine rings is 1. The normalized spacial score (nSPS) is 15.7. The SMILES string of the molecule is CCN1CCN(Cc2ccccc2CNC(=NC)NCc2sc(C)nc2C)CC1.I. The fraction of sp³-hybridized carbons (Fsp3) is 0.545. The minimum atomic E-state index is 0. The first kappa shape index (κ1) is 25.0. The van der Waals surface area contributed by atoms with Crippen molar-refractivity contribution in [1.29, 1.82) is 0 Å². The first-order chi connectivity index (χ1) is 14.1. The molecule has 0 bridgehead atoms. The molecule has 1 aliphatic heterocycles. The average Bonchev–Trinajstić information content (AvgIpc) is 3.06. The second-order valence-corrected chi connectivity index (χ2v) is 8.79. The summed E-state index contributed by atoms with van der Waals surface area (Å²) in [6.07, 6.45) is 0. The smallest absolute Gasteiger partial charge is 0.191 e. The molecule has 3 rings (SSSR count). The van der Waals surface area contributed by atoms with Crippen LogP contribution in [0.5, 0.6) is 0 Å². The number of benzene rings is 1. The van der Waals surface area contributed by atoms with E-state index in [4.69, 9.17) is 0 Å². The maximum absolute atomic E-state index is 4.50. The summed E-state index contributed by atoms with van der Waals surface area (Å²) in [6.45, 7) is 14.7. The zero-order chi connectivity index (χ0) is 20.6. The van der Waals surface area contributed by atoms with E-state index in [1.807, 2.05) is 14.0 Å². The molecule has 0 spiro atoms. The molecule has 0 saturated carbocycles. The van der Waals surface area contributed by atoms with Gasteiger partial charge in [-0.3, -0.25) is 9.89 Å². The number of nitrogens with one attached hydrogen (secondary N) is 2. The Balaban J connectivity index is 0.00000320. The van der Waals surface area contributed by atoms with Gasteiger partial charge in [-0.05, 0) is 31.5 Å². The number of nitrogens with zero attached hydrogens (tertiary/aromatic N) is 4. The van der Waals surface area contributed by atoms with Gasteiger partial charge in [0.15, 0.2) is 5.96 Å². The summed E-state index contributed by atoms with van der Waals surface area (Å²) >= 11 is 1.74. The molecule has 166 valence electrons. The van der Waals surface area contributed by atoms with Crippen molar-refractivity contribution in [3.63, 3.8) is 0 Å². The Labute approximate surface area is 202 Å². The van der Waals surface area contributed by atoms with Gasteiger partial charge in [-0.25, -0.2) is 4.98 Å². The third-order valence-corrected chi connectivity index (χ3v) is 6.58. The van der Waals surface area contributed by atoms with E-state index < -0.39 is 0 Å². The van der Waals surface area contributed by atoms with E-state index in [2.05, 4.69) is 68.5 Å². The molecule has 30 heavy (non-hydrogen) atoms. The molecule has 6 nitrogen and oxygen atoms in total. The van der Waals surface area contributed by atoms with Gasteiger partial charge in [0, 0.05) is 51.2 Å². The quantitative estimate of drug-likeness (QED) is 0.319. The Morgan fingerprint density at radius 3 is 2.27 bits per heavy atom. The number of aryl methyl sites for hydroxylation is 2. The zero-order valence-electron chi connectivity index (χ0n) is 18.6. The van der Waals surface area contributed by atoms with E-state index in [0.717, 1.165) is 55.9 Å². The van der Waals surface area contributed by atoms with Gasteiger partial charge in [-0.1, -0.05) is 31.2 Å². The minimum Gasteiger partial charge on any atom is -0.352 e. The van der Waals surface area contributed by atoms with Crippen molar-refractivity contribution >= 4 is 41.3 Å². The Hall–Kier alpha value is -1.23. The van der Waals surface area contributed by atoms with E-state index in [1.165, 1.54) is 29.1 Å². The topological polar surface area (TPSA) is 55.8 Å². The fourth-order valence-electron chi connectivity index (χ4n) is 3.69. The molecule has 1 aliphatic rings. The van der Waals surface area contributed by atoms with Gasteiger partial charge in [0.25, 0.3) is 0 Å². The van der Waals surface area contributed by atoms with Gasteiger partial charge in [0.1, 0.15) is 0 Å². The highest BCUT2D eigenvalue weighted by molar-refractivity contribution is 14.0. The van der Waals surface area contributed by atoms with Crippen LogP contribution < -0.4 is 10.6 Å². The Bertz CT molecular complexity index is 814. The van der Waals surface area contributed by atoms with Crippen LogP contribution >= 0.6 is 35.3 Å². The maximum Gasteiger partial charge on any atom is 0.191 e. The highest BCUT2D eigenvalue weighted by Crippen LogP contribution is 2.17. The van der Waals surface area contributed by atoms with Gasteiger partial charge in [-0.15, -0.1) is 35.3 Å². The summed E-state index contributed by atoms with van der Waals surface area (Å²) in [5.74, 6) is 0.821. The van der Waals surface area contributed by atoms with Crippen molar-refractivity contribution in [1.82, 2.24) is 25.4 Å². The number of thiazole rings is 1. The van der Waals surface area contributed by atoms with Crippen molar-refractivity contribution < 1.29 is 0 Å². The lowest BCUT2D eigenvalue weighted by Gasteiger charge is -2.34. The number of aromatic nitrogens is 1. The minimum absolute atomic E-state index is 0. The lowest BCUT2D eigenvalue weighted by atomic mass is 10.1. The summed E-state index contributed by atoms with van der Waals surface area (Å²) in [5, 5.41) is 8.00. The molecule has 2 N–H and O–H groups in total. The van der Waals surface area contributed by atoms with Crippen molar-refractivity contribution in [3.8, 4) is 0 Å². The molecule has 1 fully saturated rings. The molecular weight excluding hydrogens is 507 g/mol. The van der Waals surface area contributed by atoms with Crippen molar-refractivity contribution in [2.75, 3.05) is 39.8 Å². The number of aliphatic imine (C=N–C) groups is 1. The van der Waals surface area contributed by atoms with Crippen LogP contribution in [0.25, 0.3) is 0 Å². The van der Waals surface area contributed by atoms with Gasteiger partial charge in [-0.2, -0.15) is 0 Å². The summed E-state index contributed by atoms with van der Waals surface area (Å²) < 4.78 is 0. The van der Waals surface area contributed by atoms with Gasteiger partial charge in [0.05, 0.1) is 17.2 Å². The van der Waals surface area contributed by atoms with E-state index in [0.29, 0.717) is 0 Å². The third kappa shape index (κ3) is 7.18. The summed E-state index contributed by atoms with van der Waals surface area (Å²) in [6, 6.07) is 8.73. The molecule has 1 aromatic carbocycles. The molecule has 0 radical (unpaired) electrons. The summed E-state index contributed by atoms with van der Waals surface area (Å²) in [7, 11) is 1.82. The van der Waals surface area contributed by atoms with Crippen LogP contribution in [-0.4, -0.2) is 60.5 Å². The van der Waals surface area contributed by atoms with Crippen molar-refractivity contribution in [2.24, 2.45) is 4.99 Å². The molecule has 1 aromatic heterocycles. The molecule has 2 heterocycles. The van der Waals surface area contributed by atoms with Crippen LogP contribution in [0.3, 0.4) is 0 Å². The standard InChI is InChI=1S/C22H34N6S.HI/c1-5-27-10-12-28(13-11-27)16-20-9-7-6-8-19(20)14-24-22(23-4)25-15-21-17(2)26-18(3)29-21;/h6-9H,5,10-16H2,1-4H3,(H2,23,24,25);1H. The molecule has 8 heteroatoms. The number of hydrogen-bond donors (Lipinski definition) is 2. The van der Waals surface area contributed by atoms with Crippen molar-refractivity contribution in [3.05, 3.63) is 51.0 Å². The second-order valence-electron chi connectivity index (χ2n) is 7.50. The predicted molar refractivity (Wildman–Crippen MR) is 138 cm³/mol. The second kappa shape index (κ2) is 12.6. The van der Waals surface area contributed by atoms with Gasteiger partial charge >= 0.3 is 0 Å². The van der Waals surface area contributed by atoms with Crippen LogP contribution in [-0.2, 0) is 19.6 Å². The summed E-state index contributed by atoms with van der Waals surface area (Å²) in [4.78, 5) is 15.2. The lowest BCUT2D eigenvalue weighted by Crippen LogP contribution is -2.45. The van der Waals surface area contributed by atoms with Crippen LogP contribution in [0.15, 0.2) is 29.3 Å².